The fourth-order valence-electron chi connectivity index (χ4n) is 3.06. The molecule has 0 aliphatic rings. The highest BCUT2D eigenvalue weighted by molar-refractivity contribution is 5.64. The maximum Gasteiger partial charge on any atom is 0.421 e. The van der Waals surface area contributed by atoms with Crippen molar-refractivity contribution in [3.8, 4) is 5.75 Å². The summed E-state index contributed by atoms with van der Waals surface area (Å²) < 4.78 is 46.3. The van der Waals surface area contributed by atoms with E-state index in [1.165, 1.54) is 5.56 Å². The van der Waals surface area contributed by atoms with Gasteiger partial charge in [0.15, 0.2) is 0 Å². The molecule has 0 saturated carbocycles. The van der Waals surface area contributed by atoms with Gasteiger partial charge < -0.3 is 15.4 Å². The Morgan fingerprint density at radius 3 is 2.31 bits per heavy atom. The summed E-state index contributed by atoms with van der Waals surface area (Å²) in [5.41, 5.74) is 1.36. The second kappa shape index (κ2) is 9.89. The van der Waals surface area contributed by atoms with Crippen molar-refractivity contribution in [2.45, 2.75) is 52.3 Å². The molecule has 2 N–H and O–H groups in total. The number of anilines is 4. The Morgan fingerprint density at radius 1 is 0.969 bits per heavy atom. The van der Waals surface area contributed by atoms with Gasteiger partial charge in [0.05, 0.1) is 6.10 Å². The summed E-state index contributed by atoms with van der Waals surface area (Å²) in [6.45, 7) is 8.01. The fourth-order valence-corrected chi connectivity index (χ4v) is 3.06. The summed E-state index contributed by atoms with van der Waals surface area (Å²) >= 11 is 0. The van der Waals surface area contributed by atoms with E-state index < -0.39 is 11.7 Å². The number of aromatic nitrogens is 2. The van der Waals surface area contributed by atoms with Gasteiger partial charge >= 0.3 is 6.18 Å². The van der Waals surface area contributed by atoms with Gasteiger partial charge in [-0.15, -0.1) is 0 Å². The van der Waals surface area contributed by atoms with Gasteiger partial charge in [0, 0.05) is 23.6 Å². The van der Waals surface area contributed by atoms with E-state index in [2.05, 4.69) is 34.4 Å². The average Bonchev–Trinajstić information content (AvgIpc) is 2.73. The van der Waals surface area contributed by atoms with Crippen LogP contribution in [0.4, 0.5) is 36.3 Å². The number of hydrogen-bond acceptors (Lipinski definition) is 5. The second-order valence-corrected chi connectivity index (χ2v) is 7.83. The maximum absolute atomic E-state index is 13.5. The zero-order valence-electron chi connectivity index (χ0n) is 18.5. The monoisotopic (exact) mass is 444 g/mol. The molecule has 5 nitrogen and oxygen atoms in total. The van der Waals surface area contributed by atoms with Crippen molar-refractivity contribution in [1.82, 2.24) is 9.97 Å². The zero-order chi connectivity index (χ0) is 23.3. The predicted molar refractivity (Wildman–Crippen MR) is 121 cm³/mol. The van der Waals surface area contributed by atoms with E-state index in [4.69, 9.17) is 4.74 Å². The van der Waals surface area contributed by atoms with E-state index >= 15 is 0 Å². The number of alkyl halides is 3. The molecule has 1 unspecified atom stereocenters. The van der Waals surface area contributed by atoms with Gasteiger partial charge in [-0.25, -0.2) is 4.98 Å². The minimum atomic E-state index is -4.61. The van der Waals surface area contributed by atoms with E-state index in [1.54, 1.807) is 24.3 Å². The molecule has 3 rings (SSSR count). The normalized spacial score (nSPS) is 12.5. The zero-order valence-corrected chi connectivity index (χ0v) is 18.5. The molecule has 2 aromatic carbocycles. The largest absolute Gasteiger partial charge is 0.491 e. The first-order chi connectivity index (χ1) is 15.2. The van der Waals surface area contributed by atoms with Crippen molar-refractivity contribution >= 4 is 23.1 Å². The number of hydrogen-bond donors (Lipinski definition) is 2. The van der Waals surface area contributed by atoms with Gasteiger partial charge in [-0.3, -0.25) is 0 Å². The Bertz CT molecular complexity index is 1040. The molecule has 0 aliphatic carbocycles. The first-order valence-electron chi connectivity index (χ1n) is 10.5. The van der Waals surface area contributed by atoms with Crippen molar-refractivity contribution in [3.05, 3.63) is 65.9 Å². The summed E-state index contributed by atoms with van der Waals surface area (Å²) in [5, 5.41) is 5.74. The van der Waals surface area contributed by atoms with Gasteiger partial charge in [-0.2, -0.15) is 18.2 Å². The second-order valence-electron chi connectivity index (χ2n) is 7.83. The summed E-state index contributed by atoms with van der Waals surface area (Å²) in [4.78, 5) is 7.97. The first kappa shape index (κ1) is 23.4. The molecule has 0 spiro atoms. The molecule has 170 valence electrons. The molecule has 8 heteroatoms. The lowest BCUT2D eigenvalue weighted by molar-refractivity contribution is -0.137. The van der Waals surface area contributed by atoms with Crippen LogP contribution in [0.5, 0.6) is 5.75 Å². The lowest BCUT2D eigenvalue weighted by Gasteiger charge is -2.16. The van der Waals surface area contributed by atoms with E-state index in [0.29, 0.717) is 23.0 Å². The topological polar surface area (TPSA) is 59.1 Å². The average molecular weight is 445 g/mol. The molecule has 0 radical (unpaired) electrons. The van der Waals surface area contributed by atoms with Gasteiger partial charge in [0.1, 0.15) is 17.1 Å². The van der Waals surface area contributed by atoms with Crippen molar-refractivity contribution in [2.75, 3.05) is 10.6 Å². The Hall–Kier alpha value is -3.29. The minimum absolute atomic E-state index is 0.0578. The van der Waals surface area contributed by atoms with Crippen LogP contribution in [0.25, 0.3) is 0 Å². The van der Waals surface area contributed by atoms with Crippen LogP contribution in [0.3, 0.4) is 0 Å². The third-order valence-corrected chi connectivity index (χ3v) is 4.91. The van der Waals surface area contributed by atoms with E-state index in [1.807, 2.05) is 38.1 Å². The van der Waals surface area contributed by atoms with Crippen LogP contribution in [0.2, 0.25) is 0 Å². The number of ether oxygens (including phenoxy) is 1. The lowest BCUT2D eigenvalue weighted by atomic mass is 9.99. The molecule has 3 aromatic rings. The summed E-state index contributed by atoms with van der Waals surface area (Å²) in [6.07, 6.45) is -2.87. The summed E-state index contributed by atoms with van der Waals surface area (Å²) in [7, 11) is 0. The highest BCUT2D eigenvalue weighted by Crippen LogP contribution is 2.36. The molecule has 0 aliphatic heterocycles. The van der Waals surface area contributed by atoms with E-state index in [9.17, 15) is 13.2 Å². The highest BCUT2D eigenvalue weighted by Gasteiger charge is 2.35. The number of benzene rings is 2. The highest BCUT2D eigenvalue weighted by atomic mass is 19.4. The summed E-state index contributed by atoms with van der Waals surface area (Å²) in [6, 6.07) is 14.4. The van der Waals surface area contributed by atoms with Crippen LogP contribution in [0, 0.1) is 0 Å². The third kappa shape index (κ3) is 6.12. The minimum Gasteiger partial charge on any atom is -0.491 e. The molecule has 0 bridgehead atoms. The predicted octanol–water partition coefficient (Wildman–Crippen LogP) is 7.28. The van der Waals surface area contributed by atoms with Crippen LogP contribution < -0.4 is 15.4 Å². The van der Waals surface area contributed by atoms with Gasteiger partial charge in [-0.05, 0) is 56.0 Å². The molecule has 0 fully saturated rings. The standard InChI is InChI=1S/C24H27F3N4O/c1-5-16(4)17-9-11-18(12-10-17)30-23-28-14-21(24(25,26)27)22(31-23)29-19-7-6-8-20(13-19)32-15(2)3/h6-16H,5H2,1-4H3,(H2,28,29,30,31). The van der Waals surface area contributed by atoms with Gasteiger partial charge in [0.25, 0.3) is 0 Å². The molecule has 1 heterocycles. The van der Waals surface area contributed by atoms with Gasteiger partial charge in [0.2, 0.25) is 5.95 Å². The fraction of sp³-hybridized carbons (Fsp3) is 0.333. The number of rotatable bonds is 8. The Balaban J connectivity index is 1.87. The Kier molecular flexibility index (Phi) is 7.22. The van der Waals surface area contributed by atoms with Crippen LogP contribution in [-0.4, -0.2) is 16.1 Å². The van der Waals surface area contributed by atoms with Crippen molar-refractivity contribution in [2.24, 2.45) is 0 Å². The number of nitrogens with one attached hydrogen (secondary N) is 2. The number of nitrogens with zero attached hydrogens (tertiary/aromatic N) is 2. The Morgan fingerprint density at radius 2 is 1.69 bits per heavy atom. The molecular weight excluding hydrogens is 417 g/mol. The number of halogens is 3. The van der Waals surface area contributed by atoms with E-state index in [-0.39, 0.29) is 17.9 Å². The molecule has 32 heavy (non-hydrogen) atoms. The summed E-state index contributed by atoms with van der Waals surface area (Å²) in [5.74, 6) is 0.698. The SMILES string of the molecule is CCC(C)c1ccc(Nc2ncc(C(F)(F)F)c(Nc3cccc(OC(C)C)c3)n2)cc1. The van der Waals surface area contributed by atoms with Crippen LogP contribution in [0.15, 0.2) is 54.7 Å². The molecule has 1 aromatic heterocycles. The molecule has 0 saturated heterocycles. The maximum atomic E-state index is 13.5. The van der Waals surface area contributed by atoms with Crippen molar-refractivity contribution < 1.29 is 17.9 Å². The van der Waals surface area contributed by atoms with Gasteiger partial charge in [-0.1, -0.05) is 32.0 Å². The third-order valence-electron chi connectivity index (χ3n) is 4.91. The quantitative estimate of drug-likeness (QED) is 0.382. The Labute approximate surface area is 186 Å². The molecular formula is C24H27F3N4O. The first-order valence-corrected chi connectivity index (χ1v) is 10.5. The van der Waals surface area contributed by atoms with Crippen LogP contribution in [0.1, 0.15) is 51.2 Å². The van der Waals surface area contributed by atoms with Crippen LogP contribution in [-0.2, 0) is 6.18 Å². The molecule has 1 atom stereocenters. The van der Waals surface area contributed by atoms with E-state index in [0.717, 1.165) is 12.6 Å². The van der Waals surface area contributed by atoms with Crippen molar-refractivity contribution in [3.63, 3.8) is 0 Å². The lowest BCUT2D eigenvalue weighted by Crippen LogP contribution is -2.13. The smallest absolute Gasteiger partial charge is 0.421 e. The van der Waals surface area contributed by atoms with Crippen molar-refractivity contribution in [1.29, 1.82) is 0 Å². The van der Waals surface area contributed by atoms with Crippen LogP contribution >= 0.6 is 0 Å². The molecule has 0 amide bonds.